The van der Waals surface area contributed by atoms with Crippen molar-refractivity contribution < 1.29 is 4.79 Å². The van der Waals surface area contributed by atoms with Crippen molar-refractivity contribution in [2.75, 3.05) is 6.54 Å². The Hall–Kier alpha value is -2.17. The Bertz CT molecular complexity index is 782. The van der Waals surface area contributed by atoms with Crippen LogP contribution in [0.2, 0.25) is 0 Å². The largest absolute Gasteiger partial charge is 0.332 e. The first-order valence-corrected chi connectivity index (χ1v) is 9.95. The fraction of sp³-hybridized carbons (Fsp3) is 0.571. The lowest BCUT2D eigenvalue weighted by Crippen LogP contribution is -2.42. The summed E-state index contributed by atoms with van der Waals surface area (Å²) in [5.74, 6) is 2.24. The maximum absolute atomic E-state index is 13.5. The molecule has 5 heteroatoms. The highest BCUT2D eigenvalue weighted by Crippen LogP contribution is 2.37. The number of aromatic amines is 1. The van der Waals surface area contributed by atoms with E-state index in [1.807, 2.05) is 0 Å². The van der Waals surface area contributed by atoms with Crippen LogP contribution in [-0.2, 0) is 11.2 Å². The van der Waals surface area contributed by atoms with Crippen molar-refractivity contribution in [3.8, 4) is 0 Å². The van der Waals surface area contributed by atoms with Crippen LogP contribution in [0, 0.1) is 0 Å². The van der Waals surface area contributed by atoms with E-state index >= 15 is 0 Å². The topological polar surface area (TPSA) is 61.9 Å². The minimum absolute atomic E-state index is 0.00644. The standard InChI is InChI=1S/C21H28N4O/c1-14(2)19-22-20(24-23-19)18-12-5-6-13-25(18)21(26)17-11-7-9-15-8-3-4-10-16(15)17/h3-4,8,10,14,17-18H,5-7,9,11-13H2,1-2H3,(H,22,23,24). The van der Waals surface area contributed by atoms with Gasteiger partial charge in [0.25, 0.3) is 0 Å². The van der Waals surface area contributed by atoms with E-state index in [0.29, 0.717) is 0 Å². The highest BCUT2D eigenvalue weighted by molar-refractivity contribution is 5.85. The van der Waals surface area contributed by atoms with E-state index in [9.17, 15) is 4.79 Å². The number of aromatic nitrogens is 3. The zero-order valence-corrected chi connectivity index (χ0v) is 15.7. The molecule has 1 fully saturated rings. The molecule has 5 nitrogen and oxygen atoms in total. The number of piperidine rings is 1. The van der Waals surface area contributed by atoms with E-state index in [4.69, 9.17) is 4.98 Å². The first-order valence-electron chi connectivity index (χ1n) is 9.95. The number of amides is 1. The number of benzene rings is 1. The quantitative estimate of drug-likeness (QED) is 0.904. The Kier molecular flexibility index (Phi) is 4.79. The molecule has 1 aromatic heterocycles. The molecule has 1 aliphatic carbocycles. The molecule has 1 amide bonds. The number of rotatable bonds is 3. The fourth-order valence-corrected chi connectivity index (χ4v) is 4.39. The summed E-state index contributed by atoms with van der Waals surface area (Å²) >= 11 is 0. The summed E-state index contributed by atoms with van der Waals surface area (Å²) in [6, 6.07) is 8.49. The van der Waals surface area contributed by atoms with E-state index < -0.39 is 0 Å². The first-order chi connectivity index (χ1) is 12.6. The van der Waals surface area contributed by atoms with Crippen LogP contribution in [0.4, 0.5) is 0 Å². The average Bonchev–Trinajstić information content (AvgIpc) is 3.17. The van der Waals surface area contributed by atoms with Gasteiger partial charge in [-0.2, -0.15) is 5.10 Å². The number of carbonyl (C=O) groups excluding carboxylic acids is 1. The lowest BCUT2D eigenvalue weighted by molar-refractivity contribution is -0.137. The van der Waals surface area contributed by atoms with E-state index in [0.717, 1.165) is 56.7 Å². The van der Waals surface area contributed by atoms with Gasteiger partial charge in [-0.1, -0.05) is 38.1 Å². The van der Waals surface area contributed by atoms with Gasteiger partial charge >= 0.3 is 0 Å². The van der Waals surface area contributed by atoms with E-state index in [1.54, 1.807) is 0 Å². The predicted molar refractivity (Wildman–Crippen MR) is 101 cm³/mol. The summed E-state index contributed by atoms with van der Waals surface area (Å²) in [4.78, 5) is 20.3. The molecule has 0 radical (unpaired) electrons. The molecule has 1 saturated heterocycles. The lowest BCUT2D eigenvalue weighted by atomic mass is 9.81. The predicted octanol–water partition coefficient (Wildman–Crippen LogP) is 4.10. The minimum Gasteiger partial charge on any atom is -0.332 e. The summed E-state index contributed by atoms with van der Waals surface area (Å²) in [6.07, 6.45) is 6.30. The number of hydrogen-bond acceptors (Lipinski definition) is 3. The summed E-state index contributed by atoms with van der Waals surface area (Å²) in [7, 11) is 0. The van der Waals surface area contributed by atoms with Gasteiger partial charge in [0.15, 0.2) is 5.82 Å². The van der Waals surface area contributed by atoms with Crippen LogP contribution in [0.25, 0.3) is 0 Å². The van der Waals surface area contributed by atoms with Gasteiger partial charge in [-0.15, -0.1) is 0 Å². The third-order valence-corrected chi connectivity index (χ3v) is 5.81. The molecule has 2 atom stereocenters. The van der Waals surface area contributed by atoms with Crippen LogP contribution >= 0.6 is 0 Å². The molecule has 138 valence electrons. The number of H-pyrrole nitrogens is 1. The smallest absolute Gasteiger partial charge is 0.230 e. The SMILES string of the molecule is CC(C)c1n[nH]c(C2CCCCN2C(=O)C2CCCc3ccccc32)n1. The molecule has 1 aliphatic heterocycles. The van der Waals surface area contributed by atoms with Crippen LogP contribution in [0.5, 0.6) is 0 Å². The van der Waals surface area contributed by atoms with Gasteiger partial charge in [0.1, 0.15) is 5.82 Å². The van der Waals surface area contributed by atoms with Gasteiger partial charge in [-0.05, 0) is 49.7 Å². The molecule has 4 rings (SSSR count). The second kappa shape index (κ2) is 7.22. The van der Waals surface area contributed by atoms with Crippen LogP contribution in [0.3, 0.4) is 0 Å². The number of fused-ring (bicyclic) bond motifs is 1. The lowest BCUT2D eigenvalue weighted by Gasteiger charge is -2.38. The Morgan fingerprint density at radius 2 is 2.04 bits per heavy atom. The van der Waals surface area contributed by atoms with Gasteiger partial charge in [0.2, 0.25) is 5.91 Å². The van der Waals surface area contributed by atoms with Crippen LogP contribution < -0.4 is 0 Å². The molecule has 1 N–H and O–H groups in total. The van der Waals surface area contributed by atoms with Crippen molar-refractivity contribution >= 4 is 5.91 Å². The molecule has 0 bridgehead atoms. The molecule has 2 aliphatic rings. The number of carbonyl (C=O) groups is 1. The number of nitrogens with one attached hydrogen (secondary N) is 1. The Labute approximate surface area is 155 Å². The van der Waals surface area contributed by atoms with Crippen molar-refractivity contribution in [3.05, 3.63) is 47.0 Å². The van der Waals surface area contributed by atoms with Crippen LogP contribution in [-0.4, -0.2) is 32.5 Å². The molecule has 2 aromatic rings. The van der Waals surface area contributed by atoms with Gasteiger partial charge < -0.3 is 4.90 Å². The van der Waals surface area contributed by atoms with Crippen molar-refractivity contribution in [1.82, 2.24) is 20.1 Å². The van der Waals surface area contributed by atoms with Gasteiger partial charge in [0, 0.05) is 12.5 Å². The molecule has 1 aromatic carbocycles. The minimum atomic E-state index is -0.00644. The third-order valence-electron chi connectivity index (χ3n) is 5.81. The zero-order chi connectivity index (χ0) is 18.1. The average molecular weight is 352 g/mol. The van der Waals surface area contributed by atoms with E-state index in [1.165, 1.54) is 11.1 Å². The summed E-state index contributed by atoms with van der Waals surface area (Å²) < 4.78 is 0. The van der Waals surface area contributed by atoms with Gasteiger partial charge in [-0.25, -0.2) is 4.98 Å². The fourth-order valence-electron chi connectivity index (χ4n) is 4.39. The summed E-state index contributed by atoms with van der Waals surface area (Å²) in [5.41, 5.74) is 2.57. The monoisotopic (exact) mass is 352 g/mol. The zero-order valence-electron chi connectivity index (χ0n) is 15.7. The van der Waals surface area contributed by atoms with Crippen molar-refractivity contribution in [1.29, 1.82) is 0 Å². The first kappa shape index (κ1) is 17.3. The van der Waals surface area contributed by atoms with Gasteiger partial charge in [-0.3, -0.25) is 9.89 Å². The summed E-state index contributed by atoms with van der Waals surface area (Å²) in [5, 5.41) is 7.47. The normalized spacial score (nSPS) is 23.1. The molecular formula is C21H28N4O. The number of aryl methyl sites for hydroxylation is 1. The molecular weight excluding hydrogens is 324 g/mol. The van der Waals surface area contributed by atoms with E-state index in [-0.39, 0.29) is 23.8 Å². The summed E-state index contributed by atoms with van der Waals surface area (Å²) in [6.45, 7) is 5.01. The number of likely N-dealkylation sites (tertiary alicyclic amines) is 1. The van der Waals surface area contributed by atoms with Crippen molar-refractivity contribution in [2.24, 2.45) is 0 Å². The molecule has 2 heterocycles. The molecule has 26 heavy (non-hydrogen) atoms. The van der Waals surface area contributed by atoms with Gasteiger partial charge in [0.05, 0.1) is 12.0 Å². The van der Waals surface area contributed by atoms with Crippen molar-refractivity contribution in [2.45, 2.75) is 70.3 Å². The number of hydrogen-bond donors (Lipinski definition) is 1. The maximum Gasteiger partial charge on any atom is 0.230 e. The molecule has 2 unspecified atom stereocenters. The number of nitrogens with zero attached hydrogens (tertiary/aromatic N) is 3. The maximum atomic E-state index is 13.5. The van der Waals surface area contributed by atoms with Crippen LogP contribution in [0.15, 0.2) is 24.3 Å². The second-order valence-electron chi connectivity index (χ2n) is 7.92. The third kappa shape index (κ3) is 3.15. The van der Waals surface area contributed by atoms with E-state index in [2.05, 4.69) is 53.2 Å². The van der Waals surface area contributed by atoms with Crippen LogP contribution in [0.1, 0.15) is 86.6 Å². The molecule has 0 spiro atoms. The Balaban J connectivity index is 1.61. The van der Waals surface area contributed by atoms with Crippen molar-refractivity contribution in [3.63, 3.8) is 0 Å². The highest BCUT2D eigenvalue weighted by Gasteiger charge is 2.36. The second-order valence-corrected chi connectivity index (χ2v) is 7.92. The Morgan fingerprint density at radius 3 is 2.85 bits per heavy atom. The Morgan fingerprint density at radius 1 is 1.19 bits per heavy atom. The highest BCUT2D eigenvalue weighted by atomic mass is 16.2. The molecule has 0 saturated carbocycles.